The molecule has 0 aliphatic carbocycles. The van der Waals surface area contributed by atoms with Crippen LogP contribution in [0.4, 0.5) is 0 Å². The number of benzene rings is 1. The van der Waals surface area contributed by atoms with E-state index >= 15 is 0 Å². The molecule has 136 valence electrons. The Hall–Kier alpha value is -3.03. The molecule has 0 aromatic heterocycles. The Morgan fingerprint density at radius 3 is 2.54 bits per heavy atom. The number of carbonyl (C=O) groups excluding carboxylic acids is 4. The first kappa shape index (κ1) is 17.8. The molecule has 2 aliphatic heterocycles. The highest BCUT2D eigenvalue weighted by atomic mass is 16.2. The largest absolute Gasteiger partial charge is 0.354 e. The van der Waals surface area contributed by atoms with Crippen molar-refractivity contribution in [3.8, 4) is 0 Å². The van der Waals surface area contributed by atoms with E-state index in [0.717, 1.165) is 10.5 Å². The summed E-state index contributed by atoms with van der Waals surface area (Å²) in [5.74, 6) is -1.34. The van der Waals surface area contributed by atoms with Gasteiger partial charge in [0, 0.05) is 25.8 Å². The quantitative estimate of drug-likeness (QED) is 0.657. The van der Waals surface area contributed by atoms with Crippen LogP contribution in [0.1, 0.15) is 24.8 Å². The monoisotopic (exact) mass is 356 g/mol. The number of nitrogens with one attached hydrogen (secondary N) is 2. The molecular formula is C18H20N4O4. The Bertz CT molecular complexity index is 744. The predicted octanol–water partition coefficient (Wildman–Crippen LogP) is -0.219. The summed E-state index contributed by atoms with van der Waals surface area (Å²) in [7, 11) is 0. The number of rotatable bonds is 7. The third-order valence-corrected chi connectivity index (χ3v) is 4.40. The first-order valence-corrected chi connectivity index (χ1v) is 8.54. The second-order valence-electron chi connectivity index (χ2n) is 6.27. The van der Waals surface area contributed by atoms with Gasteiger partial charge in [0.1, 0.15) is 11.8 Å². The van der Waals surface area contributed by atoms with E-state index in [1.54, 1.807) is 0 Å². The van der Waals surface area contributed by atoms with E-state index in [2.05, 4.69) is 15.8 Å². The lowest BCUT2D eigenvalue weighted by molar-refractivity contribution is -0.140. The van der Waals surface area contributed by atoms with Crippen LogP contribution < -0.4 is 10.7 Å². The summed E-state index contributed by atoms with van der Waals surface area (Å²) in [5, 5.41) is 6.72. The summed E-state index contributed by atoms with van der Waals surface area (Å²) in [4.78, 5) is 48.5. The molecule has 8 nitrogen and oxygen atoms in total. The summed E-state index contributed by atoms with van der Waals surface area (Å²) >= 11 is 0. The molecule has 1 aromatic carbocycles. The lowest BCUT2D eigenvalue weighted by Crippen LogP contribution is -2.41. The fourth-order valence-corrected chi connectivity index (χ4v) is 2.90. The smallest absolute Gasteiger partial charge is 0.244 e. The SMILES string of the molecule is O=C(CN1C(=O)CCC1=O)C1=NNC(C(=O)NCCc2ccccc2)C1. The molecule has 1 unspecified atom stereocenters. The van der Waals surface area contributed by atoms with E-state index in [1.165, 1.54) is 0 Å². The highest BCUT2D eigenvalue weighted by Gasteiger charge is 2.34. The molecule has 2 aliphatic rings. The van der Waals surface area contributed by atoms with Gasteiger partial charge >= 0.3 is 0 Å². The number of imide groups is 1. The van der Waals surface area contributed by atoms with Gasteiger partial charge in [0.2, 0.25) is 17.7 Å². The van der Waals surface area contributed by atoms with Crippen molar-refractivity contribution in [1.29, 1.82) is 0 Å². The predicted molar refractivity (Wildman–Crippen MR) is 93.1 cm³/mol. The van der Waals surface area contributed by atoms with Crippen LogP contribution in [0.25, 0.3) is 0 Å². The van der Waals surface area contributed by atoms with E-state index in [9.17, 15) is 19.2 Å². The van der Waals surface area contributed by atoms with Crippen molar-refractivity contribution >= 4 is 29.2 Å². The first-order chi connectivity index (χ1) is 12.5. The van der Waals surface area contributed by atoms with Crippen molar-refractivity contribution in [2.45, 2.75) is 31.7 Å². The van der Waals surface area contributed by atoms with Gasteiger partial charge < -0.3 is 5.32 Å². The average Bonchev–Trinajstić information content (AvgIpc) is 3.25. The van der Waals surface area contributed by atoms with E-state index in [-0.39, 0.29) is 49.2 Å². The number of nitrogens with zero attached hydrogens (tertiary/aromatic N) is 2. The number of amides is 3. The van der Waals surface area contributed by atoms with Gasteiger partial charge in [0.05, 0.1) is 6.54 Å². The minimum atomic E-state index is -0.616. The van der Waals surface area contributed by atoms with E-state index < -0.39 is 11.8 Å². The molecule has 0 saturated carbocycles. The minimum absolute atomic E-state index is 0.142. The van der Waals surface area contributed by atoms with Crippen molar-refractivity contribution in [1.82, 2.24) is 15.6 Å². The zero-order valence-electron chi connectivity index (χ0n) is 14.2. The highest BCUT2D eigenvalue weighted by Crippen LogP contribution is 2.13. The molecule has 1 saturated heterocycles. The first-order valence-electron chi connectivity index (χ1n) is 8.54. The summed E-state index contributed by atoms with van der Waals surface area (Å²) in [6, 6.07) is 9.18. The maximum Gasteiger partial charge on any atom is 0.244 e. The van der Waals surface area contributed by atoms with Crippen LogP contribution in [0.5, 0.6) is 0 Å². The number of ketones is 1. The van der Waals surface area contributed by atoms with Crippen LogP contribution in [0.15, 0.2) is 35.4 Å². The van der Waals surface area contributed by atoms with Gasteiger partial charge in [0.25, 0.3) is 0 Å². The fraction of sp³-hybridized carbons (Fsp3) is 0.389. The van der Waals surface area contributed by atoms with Gasteiger partial charge in [-0.1, -0.05) is 30.3 Å². The third-order valence-electron chi connectivity index (χ3n) is 4.40. The average molecular weight is 356 g/mol. The van der Waals surface area contributed by atoms with Crippen molar-refractivity contribution in [2.24, 2.45) is 5.10 Å². The highest BCUT2D eigenvalue weighted by molar-refractivity contribution is 6.42. The fourth-order valence-electron chi connectivity index (χ4n) is 2.90. The van der Waals surface area contributed by atoms with Gasteiger partial charge in [0.15, 0.2) is 5.78 Å². The Balaban J connectivity index is 1.43. The second kappa shape index (κ2) is 7.90. The summed E-state index contributed by atoms with van der Waals surface area (Å²) in [6.07, 6.45) is 1.14. The van der Waals surface area contributed by atoms with Crippen LogP contribution >= 0.6 is 0 Å². The van der Waals surface area contributed by atoms with Crippen molar-refractivity contribution in [2.75, 3.05) is 13.1 Å². The molecule has 0 spiro atoms. The Morgan fingerprint density at radius 2 is 1.85 bits per heavy atom. The van der Waals surface area contributed by atoms with Gasteiger partial charge in [-0.2, -0.15) is 5.10 Å². The second-order valence-corrected chi connectivity index (χ2v) is 6.27. The lowest BCUT2D eigenvalue weighted by Gasteiger charge is -2.12. The number of likely N-dealkylation sites (tertiary alicyclic amines) is 1. The van der Waals surface area contributed by atoms with Gasteiger partial charge in [-0.3, -0.25) is 29.5 Å². The Morgan fingerprint density at radius 1 is 1.15 bits per heavy atom. The molecule has 2 heterocycles. The van der Waals surface area contributed by atoms with Crippen LogP contribution in [0, 0.1) is 0 Å². The number of hydrogen-bond acceptors (Lipinski definition) is 6. The van der Waals surface area contributed by atoms with E-state index in [1.807, 2.05) is 30.3 Å². The minimum Gasteiger partial charge on any atom is -0.354 e. The van der Waals surface area contributed by atoms with E-state index in [0.29, 0.717) is 13.0 Å². The molecule has 0 radical (unpaired) electrons. The third kappa shape index (κ3) is 4.14. The number of hydrogen-bond donors (Lipinski definition) is 2. The molecule has 26 heavy (non-hydrogen) atoms. The molecule has 0 bridgehead atoms. The number of Topliss-reactive ketones (excluding diaryl/α,β-unsaturated/α-hetero) is 1. The molecule has 3 rings (SSSR count). The zero-order valence-corrected chi connectivity index (χ0v) is 14.2. The van der Waals surface area contributed by atoms with Crippen LogP contribution in [-0.2, 0) is 25.6 Å². The molecule has 3 amide bonds. The topological polar surface area (TPSA) is 108 Å². The standard InChI is InChI=1S/C18H20N4O4/c23-15(11-22-16(24)6-7-17(22)25)13-10-14(21-20-13)18(26)19-9-8-12-4-2-1-3-5-12/h1-5,14,21H,6-11H2,(H,19,26). The molecular weight excluding hydrogens is 336 g/mol. The number of hydrazone groups is 1. The molecule has 8 heteroatoms. The summed E-state index contributed by atoms with van der Waals surface area (Å²) in [5.41, 5.74) is 3.96. The van der Waals surface area contributed by atoms with Gasteiger partial charge in [-0.05, 0) is 12.0 Å². The maximum absolute atomic E-state index is 12.2. The number of carbonyl (C=O) groups is 4. The molecule has 1 aromatic rings. The normalized spacial score (nSPS) is 19.3. The van der Waals surface area contributed by atoms with Crippen molar-refractivity contribution in [3.63, 3.8) is 0 Å². The molecule has 1 fully saturated rings. The van der Waals surface area contributed by atoms with Gasteiger partial charge in [-0.25, -0.2) is 0 Å². The van der Waals surface area contributed by atoms with Crippen LogP contribution in [0.2, 0.25) is 0 Å². The zero-order chi connectivity index (χ0) is 18.5. The summed E-state index contributed by atoms with van der Waals surface area (Å²) in [6.45, 7) is 0.182. The van der Waals surface area contributed by atoms with Gasteiger partial charge in [-0.15, -0.1) is 0 Å². The molecule has 2 N–H and O–H groups in total. The van der Waals surface area contributed by atoms with Crippen molar-refractivity contribution < 1.29 is 19.2 Å². The Kier molecular flexibility index (Phi) is 5.40. The maximum atomic E-state index is 12.2. The van der Waals surface area contributed by atoms with E-state index in [4.69, 9.17) is 0 Å². The Labute approximate surface area is 150 Å². The summed E-state index contributed by atoms with van der Waals surface area (Å²) < 4.78 is 0. The lowest BCUT2D eigenvalue weighted by atomic mass is 10.1. The molecule has 1 atom stereocenters. The van der Waals surface area contributed by atoms with Crippen molar-refractivity contribution in [3.05, 3.63) is 35.9 Å². The van der Waals surface area contributed by atoms with Crippen LogP contribution in [-0.4, -0.2) is 53.2 Å². The van der Waals surface area contributed by atoms with Crippen LogP contribution in [0.3, 0.4) is 0 Å².